The van der Waals surface area contributed by atoms with Gasteiger partial charge in [-0.25, -0.2) is 9.48 Å². The molecule has 0 saturated carbocycles. The highest BCUT2D eigenvalue weighted by molar-refractivity contribution is 6.30. The van der Waals surface area contributed by atoms with Crippen molar-refractivity contribution >= 4 is 35.1 Å². The van der Waals surface area contributed by atoms with Crippen LogP contribution in [0.1, 0.15) is 66.3 Å². The molecule has 0 aliphatic carbocycles. The molecule has 1 unspecified atom stereocenters. The van der Waals surface area contributed by atoms with Crippen molar-refractivity contribution in [1.29, 1.82) is 0 Å². The molecule has 3 N–H and O–H groups in total. The number of rotatable bonds is 4. The molecule has 222 valence electrons. The van der Waals surface area contributed by atoms with Crippen LogP contribution in [0.5, 0.6) is 0 Å². The third-order valence-corrected chi connectivity index (χ3v) is 8.31. The van der Waals surface area contributed by atoms with Crippen molar-refractivity contribution in [3.63, 3.8) is 0 Å². The van der Waals surface area contributed by atoms with Crippen LogP contribution in [-0.4, -0.2) is 64.2 Å². The first kappa shape index (κ1) is 28.5. The van der Waals surface area contributed by atoms with Gasteiger partial charge in [-0.15, -0.1) is 5.10 Å². The number of halogens is 1. The first-order valence-electron chi connectivity index (χ1n) is 14.0. The summed E-state index contributed by atoms with van der Waals surface area (Å²) in [6.07, 6.45) is 6.88. The molecule has 2 bridgehead atoms. The van der Waals surface area contributed by atoms with Crippen molar-refractivity contribution in [2.75, 3.05) is 12.0 Å². The summed E-state index contributed by atoms with van der Waals surface area (Å²) >= 11 is 6.35. The average Bonchev–Trinajstić information content (AvgIpc) is 3.62. The fourth-order valence-electron chi connectivity index (χ4n) is 5.78. The number of carboxylic acid groups (broad SMARTS) is 1. The monoisotopic (exact) mass is 603 g/mol. The van der Waals surface area contributed by atoms with Gasteiger partial charge in [0.05, 0.1) is 42.2 Å². The first-order valence-corrected chi connectivity index (χ1v) is 14.3. The number of hydrogen-bond acceptors (Lipinski definition) is 8. The van der Waals surface area contributed by atoms with Crippen molar-refractivity contribution in [3.05, 3.63) is 70.8 Å². The number of aryl methyl sites for hydroxylation is 1. The highest BCUT2D eigenvalue weighted by Crippen LogP contribution is 2.36. The van der Waals surface area contributed by atoms with E-state index in [0.717, 1.165) is 12.0 Å². The molecule has 14 heteroatoms. The number of aromatic carboxylic acids is 1. The number of anilines is 1. The van der Waals surface area contributed by atoms with Crippen LogP contribution in [0.3, 0.4) is 0 Å². The summed E-state index contributed by atoms with van der Waals surface area (Å²) in [7, 11) is 1.80. The lowest BCUT2D eigenvalue weighted by atomic mass is 9.93. The quantitative estimate of drug-likeness (QED) is 0.316. The number of aromatic nitrogens is 6. The Kier molecular flexibility index (Phi) is 7.67. The van der Waals surface area contributed by atoms with Gasteiger partial charge in [-0.05, 0) is 54.3 Å². The molecular weight excluding hydrogens is 574 g/mol. The number of carboxylic acids is 1. The summed E-state index contributed by atoms with van der Waals surface area (Å²) in [5.74, 6) is -1.55. The van der Waals surface area contributed by atoms with Gasteiger partial charge in [-0.2, -0.15) is 5.10 Å². The van der Waals surface area contributed by atoms with Crippen LogP contribution in [0.25, 0.3) is 17.1 Å². The second kappa shape index (κ2) is 11.6. The maximum Gasteiger partial charge on any atom is 0.358 e. The zero-order valence-corrected chi connectivity index (χ0v) is 24.3. The molecule has 3 atom stereocenters. The Morgan fingerprint density at radius 2 is 2.00 bits per heavy atom. The minimum Gasteiger partial charge on any atom is -0.476 e. The topological polar surface area (TPSA) is 160 Å². The molecule has 2 aliphatic rings. The Morgan fingerprint density at radius 1 is 1.16 bits per heavy atom. The Balaban J connectivity index is 1.31. The van der Waals surface area contributed by atoms with Crippen molar-refractivity contribution in [2.24, 2.45) is 13.0 Å². The lowest BCUT2D eigenvalue weighted by Crippen LogP contribution is -2.49. The molecule has 0 spiro atoms. The number of fused-ring (bicyclic) bond motifs is 4. The third-order valence-electron chi connectivity index (χ3n) is 8.08. The second-order valence-corrected chi connectivity index (χ2v) is 11.3. The zero-order chi connectivity index (χ0) is 30.2. The summed E-state index contributed by atoms with van der Waals surface area (Å²) in [5, 5.41) is 28.3. The van der Waals surface area contributed by atoms with Gasteiger partial charge in [0.15, 0.2) is 5.69 Å². The largest absolute Gasteiger partial charge is 0.476 e. The van der Waals surface area contributed by atoms with E-state index in [1.54, 1.807) is 42.3 Å². The minimum atomic E-state index is -1.19. The summed E-state index contributed by atoms with van der Waals surface area (Å²) in [6.45, 7) is 2.17. The van der Waals surface area contributed by atoms with E-state index in [-0.39, 0.29) is 42.6 Å². The fourth-order valence-corrected chi connectivity index (χ4v) is 5.96. The molecule has 5 heterocycles. The number of hydrogen-bond donors (Lipinski definition) is 3. The first-order chi connectivity index (χ1) is 20.7. The lowest BCUT2D eigenvalue weighted by molar-refractivity contribution is -0.138. The summed E-state index contributed by atoms with van der Waals surface area (Å²) in [5.41, 5.74) is 3.97. The maximum atomic E-state index is 13.8. The number of carbonyl (C=O) groups is 3. The molecule has 1 saturated heterocycles. The second-order valence-electron chi connectivity index (χ2n) is 10.9. The predicted molar refractivity (Wildman–Crippen MR) is 156 cm³/mol. The van der Waals surface area contributed by atoms with Crippen LogP contribution in [0.4, 0.5) is 5.69 Å². The van der Waals surface area contributed by atoms with E-state index in [1.807, 2.05) is 24.0 Å². The van der Waals surface area contributed by atoms with Crippen molar-refractivity contribution in [3.8, 4) is 17.1 Å². The van der Waals surface area contributed by atoms with Gasteiger partial charge in [0.25, 0.3) is 0 Å². The van der Waals surface area contributed by atoms with Crippen LogP contribution >= 0.6 is 11.6 Å². The van der Waals surface area contributed by atoms with Gasteiger partial charge in [-0.3, -0.25) is 24.6 Å². The van der Waals surface area contributed by atoms with Gasteiger partial charge in [0.2, 0.25) is 11.8 Å². The zero-order valence-electron chi connectivity index (χ0n) is 23.6. The normalized spacial score (nSPS) is 21.0. The van der Waals surface area contributed by atoms with E-state index in [2.05, 4.69) is 31.0 Å². The van der Waals surface area contributed by atoms with E-state index in [1.165, 1.54) is 10.9 Å². The Bertz CT molecular complexity index is 1720. The molecule has 43 heavy (non-hydrogen) atoms. The predicted octanol–water partition coefficient (Wildman–Crippen LogP) is 3.73. The number of amides is 2. The number of benzene rings is 1. The molecule has 1 aromatic carbocycles. The number of carbonyl (C=O) groups excluding carboxylic acids is 2. The summed E-state index contributed by atoms with van der Waals surface area (Å²) < 4.78 is 3.06. The van der Waals surface area contributed by atoms with E-state index in [0.29, 0.717) is 46.2 Å². The van der Waals surface area contributed by atoms with E-state index >= 15 is 0 Å². The third kappa shape index (κ3) is 5.60. The van der Waals surface area contributed by atoms with Crippen molar-refractivity contribution in [1.82, 2.24) is 40.0 Å². The van der Waals surface area contributed by atoms with E-state index < -0.39 is 12.0 Å². The van der Waals surface area contributed by atoms with Crippen molar-refractivity contribution < 1.29 is 19.5 Å². The summed E-state index contributed by atoms with van der Waals surface area (Å²) in [6, 6.07) is 8.41. The van der Waals surface area contributed by atoms with Gasteiger partial charge < -0.3 is 15.3 Å². The highest BCUT2D eigenvalue weighted by Gasteiger charge is 2.34. The molecule has 3 aromatic heterocycles. The van der Waals surface area contributed by atoms with Crippen LogP contribution < -0.4 is 10.6 Å². The molecule has 0 radical (unpaired) electrons. The Morgan fingerprint density at radius 3 is 2.77 bits per heavy atom. The standard InChI is InChI=1S/C29H30ClN9O4/c1-16-4-3-5-24(17-8-9-31-21(10-17)27-22(34-28(16)41)13-33-37(27)2)38-15-32-20(12-26(38)40)19-11-18(30)6-7-25(19)39-14-23(29(42)43)35-36-39/h6-11,13-14,16,20,24,32H,3-5,12,15H2,1-2H3,(H,34,41)(H,42,43)/t16-,20?,24+/m1/s1. The fraction of sp³-hybridized carbons (Fsp3) is 0.345. The highest BCUT2D eigenvalue weighted by atomic mass is 35.5. The lowest BCUT2D eigenvalue weighted by Gasteiger charge is -2.39. The Hall–Kier alpha value is -4.62. The van der Waals surface area contributed by atoms with Crippen LogP contribution in [0.15, 0.2) is 48.9 Å². The van der Waals surface area contributed by atoms with Crippen LogP contribution in [0, 0.1) is 5.92 Å². The minimum absolute atomic E-state index is 0.0537. The smallest absolute Gasteiger partial charge is 0.358 e. The van der Waals surface area contributed by atoms with E-state index in [9.17, 15) is 19.5 Å². The number of nitrogens with one attached hydrogen (secondary N) is 2. The maximum absolute atomic E-state index is 13.8. The molecule has 2 amide bonds. The van der Waals surface area contributed by atoms with E-state index in [4.69, 9.17) is 11.6 Å². The number of pyridine rings is 1. The van der Waals surface area contributed by atoms with Gasteiger partial charge in [0, 0.05) is 36.6 Å². The molecule has 1 fully saturated rings. The summed E-state index contributed by atoms with van der Waals surface area (Å²) in [4.78, 5) is 44.6. The van der Waals surface area contributed by atoms with Gasteiger partial charge >= 0.3 is 5.97 Å². The number of nitrogens with zero attached hydrogens (tertiary/aromatic N) is 7. The molecule has 4 aromatic rings. The molecular formula is C29H30ClN9O4. The SMILES string of the molecule is C[C@@H]1CCC[C@H](N2CNC(c3cc(Cl)ccc3-n3cc(C(=O)O)nn3)CC2=O)c2ccnc(c2)-c2c(cnn2C)NC1=O. The van der Waals surface area contributed by atoms with Gasteiger partial charge in [0.1, 0.15) is 5.69 Å². The van der Waals surface area contributed by atoms with Crippen molar-refractivity contribution in [2.45, 2.75) is 44.7 Å². The molecule has 6 rings (SSSR count). The molecule has 13 nitrogen and oxygen atoms in total. The van der Waals surface area contributed by atoms with Crippen LogP contribution in [0.2, 0.25) is 5.02 Å². The molecule has 2 aliphatic heterocycles. The Labute approximate surface area is 251 Å². The van der Waals surface area contributed by atoms with Crippen LogP contribution in [-0.2, 0) is 16.6 Å². The van der Waals surface area contributed by atoms with Gasteiger partial charge in [-0.1, -0.05) is 30.2 Å². The average molecular weight is 604 g/mol.